The smallest absolute Gasteiger partial charge is 0.126 e. The van der Waals surface area contributed by atoms with E-state index in [9.17, 15) is 0 Å². The zero-order valence-electron chi connectivity index (χ0n) is 51.4. The van der Waals surface area contributed by atoms with Crippen molar-refractivity contribution < 1.29 is 18.9 Å². The fourth-order valence-corrected chi connectivity index (χ4v) is 10.9. The third kappa shape index (κ3) is 17.0. The third-order valence-electron chi connectivity index (χ3n) is 15.7. The van der Waals surface area contributed by atoms with Gasteiger partial charge in [-0.1, -0.05) is 221 Å². The second-order valence-electron chi connectivity index (χ2n) is 23.2. The van der Waals surface area contributed by atoms with Gasteiger partial charge in [0, 0.05) is 25.7 Å². The summed E-state index contributed by atoms with van der Waals surface area (Å²) in [7, 11) is 0. The van der Waals surface area contributed by atoms with Crippen LogP contribution in [0.2, 0.25) is 0 Å². The van der Waals surface area contributed by atoms with Crippen LogP contribution < -0.4 is 18.9 Å². The molecule has 0 atom stereocenters. The number of hydrogen-bond acceptors (Lipinski definition) is 4. The van der Waals surface area contributed by atoms with Crippen molar-refractivity contribution in [2.75, 3.05) is 26.4 Å². The van der Waals surface area contributed by atoms with Gasteiger partial charge in [-0.3, -0.25) is 0 Å². The molecule has 0 saturated heterocycles. The number of benzene rings is 8. The van der Waals surface area contributed by atoms with Gasteiger partial charge in [-0.25, -0.2) is 0 Å². The Morgan fingerprint density at radius 2 is 0.417 bits per heavy atom. The van der Waals surface area contributed by atoms with E-state index in [4.69, 9.17) is 18.9 Å². The van der Waals surface area contributed by atoms with Gasteiger partial charge < -0.3 is 18.9 Å². The molecule has 0 aliphatic heterocycles. The van der Waals surface area contributed by atoms with Gasteiger partial charge in [0.05, 0.1) is 26.4 Å². The van der Waals surface area contributed by atoms with Crippen LogP contribution in [0.3, 0.4) is 0 Å². The number of fused-ring (bicyclic) bond motifs is 8. The molecule has 0 radical (unpaired) electrons. The minimum atomic E-state index is 0.593. The quantitative estimate of drug-likeness (QED) is 0.0446. The number of rotatable bonds is 24. The maximum Gasteiger partial charge on any atom is 0.126 e. The van der Waals surface area contributed by atoms with Gasteiger partial charge in [0.1, 0.15) is 23.0 Å². The lowest BCUT2D eigenvalue weighted by molar-refractivity contribution is 0.297. The summed E-state index contributed by atoms with van der Waals surface area (Å²) in [5.74, 6) is 3.75. The molecule has 0 fully saturated rings. The molecule has 0 amide bonds. The summed E-state index contributed by atoms with van der Waals surface area (Å²) >= 11 is 0. The average molecular weight is 1110 g/mol. The van der Waals surface area contributed by atoms with E-state index in [1.807, 2.05) is 0 Å². The molecule has 8 aromatic carbocycles. The number of hydrogen-bond donors (Lipinski definition) is 0. The van der Waals surface area contributed by atoms with Crippen LogP contribution in [0.4, 0.5) is 0 Å². The summed E-state index contributed by atoms with van der Waals surface area (Å²) in [5, 5.41) is 0. The lowest BCUT2D eigenvalue weighted by Crippen LogP contribution is -2.11. The van der Waals surface area contributed by atoms with Gasteiger partial charge in [0.2, 0.25) is 0 Å². The first kappa shape index (κ1) is 60.5. The predicted octanol–water partition coefficient (Wildman–Crippen LogP) is 21.0. The van der Waals surface area contributed by atoms with E-state index in [-0.39, 0.29) is 0 Å². The Morgan fingerprint density at radius 3 is 0.583 bits per heavy atom. The van der Waals surface area contributed by atoms with E-state index in [1.54, 1.807) is 0 Å². The van der Waals surface area contributed by atoms with Gasteiger partial charge >= 0.3 is 0 Å². The van der Waals surface area contributed by atoms with Gasteiger partial charge in [-0.2, -0.15) is 0 Å². The molecular weight excluding hydrogens is 1020 g/mol. The van der Waals surface area contributed by atoms with Crippen LogP contribution in [0.1, 0.15) is 190 Å². The molecule has 432 valence electrons. The van der Waals surface area contributed by atoms with Crippen molar-refractivity contribution in [1.82, 2.24) is 0 Å². The Bertz CT molecular complexity index is 2980. The van der Waals surface area contributed by atoms with Crippen LogP contribution in [0.15, 0.2) is 146 Å². The zero-order valence-corrected chi connectivity index (χ0v) is 51.4. The van der Waals surface area contributed by atoms with Crippen LogP contribution in [-0.4, -0.2) is 26.4 Å². The fourth-order valence-electron chi connectivity index (χ4n) is 10.9. The molecule has 0 N–H and O–H groups in total. The van der Waals surface area contributed by atoms with E-state index in [1.165, 1.54) is 22.3 Å². The van der Waals surface area contributed by atoms with Crippen molar-refractivity contribution >= 4 is 48.6 Å². The van der Waals surface area contributed by atoms with Crippen molar-refractivity contribution in [3.8, 4) is 23.0 Å². The third-order valence-corrected chi connectivity index (χ3v) is 15.7. The van der Waals surface area contributed by atoms with Crippen LogP contribution in [-0.2, 0) is 25.7 Å². The minimum absolute atomic E-state index is 0.593. The molecule has 0 spiro atoms. The van der Waals surface area contributed by atoms with Gasteiger partial charge in [0.15, 0.2) is 0 Å². The normalized spacial score (nSPS) is 12.5. The number of ether oxygens (including phenoxy) is 4. The van der Waals surface area contributed by atoms with Crippen molar-refractivity contribution in [1.29, 1.82) is 0 Å². The zero-order chi connectivity index (χ0) is 58.6. The van der Waals surface area contributed by atoms with Gasteiger partial charge in [-0.05, 0) is 191 Å². The highest BCUT2D eigenvalue weighted by molar-refractivity contribution is 5.76. The summed E-state index contributed by atoms with van der Waals surface area (Å²) in [5.41, 5.74) is 23.1. The van der Waals surface area contributed by atoms with E-state index >= 15 is 0 Å². The summed E-state index contributed by atoms with van der Waals surface area (Å²) in [6.07, 6.45) is 28.3. The van der Waals surface area contributed by atoms with Crippen molar-refractivity contribution in [3.63, 3.8) is 0 Å². The molecular formula is C80H88O4. The Kier molecular flexibility index (Phi) is 21.9. The second kappa shape index (κ2) is 30.5. The average Bonchev–Trinajstić information content (AvgIpc) is 1.97. The lowest BCUT2D eigenvalue weighted by Gasteiger charge is -2.24. The Balaban J connectivity index is 1.36. The largest absolute Gasteiger partial charge is 0.493 e. The van der Waals surface area contributed by atoms with Crippen LogP contribution in [0, 0.1) is 27.7 Å². The molecule has 1 aliphatic carbocycles. The Hall–Kier alpha value is -8.08. The van der Waals surface area contributed by atoms with Crippen LogP contribution in [0.25, 0.3) is 48.6 Å². The Morgan fingerprint density at radius 1 is 0.250 bits per heavy atom. The molecule has 0 heterocycles. The number of unbranched alkanes of at least 4 members (excludes halogenated alkanes) is 4. The molecule has 84 heavy (non-hydrogen) atoms. The van der Waals surface area contributed by atoms with Gasteiger partial charge in [-0.15, -0.1) is 0 Å². The van der Waals surface area contributed by atoms with Gasteiger partial charge in [0.25, 0.3) is 0 Å². The molecule has 8 aromatic rings. The van der Waals surface area contributed by atoms with E-state index in [0.717, 1.165) is 163 Å². The Labute approximate surface area is 503 Å². The molecule has 1 aliphatic rings. The molecule has 9 rings (SSSR count). The highest BCUT2D eigenvalue weighted by atomic mass is 16.5. The molecule has 0 aromatic heterocycles. The molecule has 0 saturated carbocycles. The van der Waals surface area contributed by atoms with E-state index in [0.29, 0.717) is 52.1 Å². The highest BCUT2D eigenvalue weighted by Gasteiger charge is 2.24. The minimum Gasteiger partial charge on any atom is -0.493 e. The van der Waals surface area contributed by atoms with E-state index in [2.05, 4.69) is 250 Å². The highest BCUT2D eigenvalue weighted by Crippen LogP contribution is 2.42. The lowest BCUT2D eigenvalue weighted by atomic mass is 9.88. The first-order chi connectivity index (χ1) is 41.0. The fraction of sp³-hybridized carbons (Fsp3) is 0.300. The SMILES string of the molecule is CCCCOc1c2cc(/C=C/c3ccc(C)cc3)cc1Cc1cc(/C=C/c3ccc(C)cc3)cc(c1OCCCC)Cc1cc(/C=C/c3ccc(C)cc3)cc(c1OCCCC)Cc1cc(/C=C/c3ccc(C)cc3)cc(c1OCCCC)C2. The molecule has 4 nitrogen and oxygen atoms in total. The van der Waals surface area contributed by atoms with Crippen molar-refractivity contribution in [2.45, 2.75) is 132 Å². The van der Waals surface area contributed by atoms with Crippen molar-refractivity contribution in [2.24, 2.45) is 0 Å². The predicted molar refractivity (Wildman–Crippen MR) is 359 cm³/mol. The molecule has 4 heteroatoms. The first-order valence-corrected chi connectivity index (χ1v) is 31.2. The molecule has 8 bridgehead atoms. The summed E-state index contributed by atoms with van der Waals surface area (Å²) in [4.78, 5) is 0. The maximum atomic E-state index is 7.21. The van der Waals surface area contributed by atoms with Crippen LogP contribution in [0.5, 0.6) is 23.0 Å². The standard InChI is InChI=1S/C80H88O4/c1-9-13-41-81-77-69-45-65(37-33-61-25-17-57(5)18-26-61)46-70(77)54-72-48-67(39-35-63-29-21-59(7)22-30-63)50-74(79(72)83-43-15-11-3)56-76-52-68(40-36-64-31-23-60(8)24-32-64)51-75(80(76)84-44-16-12-4)55-73-49-66(38-34-62-27-19-58(6)20-28-62)47-71(53-69)78(73)82-42-14-10-2/h17-40,45-52H,9-16,41-44,53-56H2,1-8H3/b37-33+,38-34+,39-35+,40-36+. The molecule has 0 unspecified atom stereocenters. The van der Waals surface area contributed by atoms with Crippen molar-refractivity contribution in [3.05, 3.63) is 257 Å². The maximum absolute atomic E-state index is 7.21. The topological polar surface area (TPSA) is 36.9 Å². The number of aryl methyl sites for hydroxylation is 4. The van der Waals surface area contributed by atoms with E-state index < -0.39 is 0 Å². The second-order valence-corrected chi connectivity index (χ2v) is 23.2. The first-order valence-electron chi connectivity index (χ1n) is 31.2. The van der Waals surface area contributed by atoms with Crippen LogP contribution >= 0.6 is 0 Å². The summed E-state index contributed by atoms with van der Waals surface area (Å²) in [6.45, 7) is 20.0. The summed E-state index contributed by atoms with van der Waals surface area (Å²) in [6, 6.07) is 54.0. The monoisotopic (exact) mass is 1110 g/mol. The summed E-state index contributed by atoms with van der Waals surface area (Å²) < 4.78 is 28.8.